The largest absolute Gasteiger partial charge is 0.385 e. The van der Waals surface area contributed by atoms with Crippen molar-refractivity contribution in [1.29, 1.82) is 0 Å². The summed E-state index contributed by atoms with van der Waals surface area (Å²) in [6, 6.07) is 1.72. The molecule has 0 fully saturated rings. The summed E-state index contributed by atoms with van der Waals surface area (Å²) in [5.41, 5.74) is 6.72. The molecule has 0 aliphatic heterocycles. The highest BCUT2D eigenvalue weighted by Gasteiger charge is 2.16. The van der Waals surface area contributed by atoms with Crippen LogP contribution in [0.2, 0.25) is 0 Å². The van der Waals surface area contributed by atoms with Crippen molar-refractivity contribution in [2.45, 2.75) is 6.92 Å². The molecule has 98 valence electrons. The van der Waals surface area contributed by atoms with Crippen molar-refractivity contribution in [1.82, 2.24) is 14.5 Å². The van der Waals surface area contributed by atoms with Crippen LogP contribution in [-0.4, -0.2) is 20.4 Å². The van der Waals surface area contributed by atoms with E-state index in [0.717, 1.165) is 0 Å². The Morgan fingerprint density at radius 3 is 2.89 bits per heavy atom. The second kappa shape index (κ2) is 5.58. The van der Waals surface area contributed by atoms with E-state index >= 15 is 0 Å². The fourth-order valence-electron chi connectivity index (χ4n) is 1.64. The smallest absolute Gasteiger partial charge is 0.264 e. The minimum atomic E-state index is -0.263. The molecule has 0 amide bonds. The number of halogens is 1. The van der Waals surface area contributed by atoms with Gasteiger partial charge in [-0.25, -0.2) is 4.98 Å². The van der Waals surface area contributed by atoms with E-state index in [1.54, 1.807) is 30.6 Å². The van der Waals surface area contributed by atoms with Crippen molar-refractivity contribution in [3.05, 3.63) is 54.3 Å². The molecule has 0 aliphatic carbocycles. The van der Waals surface area contributed by atoms with E-state index in [9.17, 15) is 4.79 Å². The molecule has 0 bridgehead atoms. The number of aromatic amines is 1. The molecule has 2 aromatic heterocycles. The molecule has 0 atom stereocenters. The lowest BCUT2D eigenvalue weighted by Crippen LogP contribution is -2.11. The molecule has 0 saturated carbocycles. The van der Waals surface area contributed by atoms with Crippen LogP contribution in [0.5, 0.6) is 0 Å². The predicted molar refractivity (Wildman–Crippen MR) is 75.6 cm³/mol. The standard InChI is InChI=1S/C13H13ClN4O/c1-2-3-10(13(19)18-7-6-16-8-18)11(14)9-4-5-17-12(9)15/h2-8,17H,15H2,1H3/b3-2+,11-10-. The molecule has 0 unspecified atom stereocenters. The third kappa shape index (κ3) is 2.61. The first-order valence-corrected chi connectivity index (χ1v) is 6.01. The van der Waals surface area contributed by atoms with Crippen LogP contribution in [-0.2, 0) is 0 Å². The van der Waals surface area contributed by atoms with Gasteiger partial charge >= 0.3 is 0 Å². The van der Waals surface area contributed by atoms with Crippen LogP contribution < -0.4 is 5.73 Å². The molecule has 0 saturated heterocycles. The minimum Gasteiger partial charge on any atom is -0.385 e. The molecule has 0 spiro atoms. The van der Waals surface area contributed by atoms with Crippen LogP contribution in [0.15, 0.2) is 48.7 Å². The number of H-pyrrole nitrogens is 1. The third-order valence-electron chi connectivity index (χ3n) is 2.55. The fourth-order valence-corrected chi connectivity index (χ4v) is 1.95. The highest BCUT2D eigenvalue weighted by atomic mass is 35.5. The molecule has 2 rings (SSSR count). The fraction of sp³-hybridized carbons (Fsp3) is 0.0769. The SMILES string of the molecule is C/C=C/C(C(=O)n1ccnc1)=C(/Cl)c1cc[nH]c1N. The molecule has 3 N–H and O–H groups in total. The quantitative estimate of drug-likeness (QED) is 0.668. The van der Waals surface area contributed by atoms with Gasteiger partial charge in [0.15, 0.2) is 0 Å². The average molecular weight is 277 g/mol. The monoisotopic (exact) mass is 276 g/mol. The van der Waals surface area contributed by atoms with Gasteiger partial charge in [-0.1, -0.05) is 23.8 Å². The number of imidazole rings is 1. The van der Waals surface area contributed by atoms with Crippen LogP contribution in [0.4, 0.5) is 5.82 Å². The average Bonchev–Trinajstić information content (AvgIpc) is 3.05. The molecule has 2 aromatic rings. The number of nitrogens with one attached hydrogen (secondary N) is 1. The number of aromatic nitrogens is 3. The van der Waals surface area contributed by atoms with E-state index in [2.05, 4.69) is 9.97 Å². The van der Waals surface area contributed by atoms with Gasteiger partial charge in [0, 0.05) is 24.2 Å². The topological polar surface area (TPSA) is 76.7 Å². The first-order chi connectivity index (χ1) is 9.15. The lowest BCUT2D eigenvalue weighted by Gasteiger charge is -2.06. The zero-order valence-corrected chi connectivity index (χ0v) is 11.1. The number of nitrogen functional groups attached to an aromatic ring is 1. The van der Waals surface area contributed by atoms with Crippen LogP contribution in [0.1, 0.15) is 17.3 Å². The molecule has 2 heterocycles. The van der Waals surface area contributed by atoms with E-state index in [-0.39, 0.29) is 5.91 Å². The van der Waals surface area contributed by atoms with Gasteiger partial charge in [-0.15, -0.1) is 0 Å². The third-order valence-corrected chi connectivity index (χ3v) is 2.96. The summed E-state index contributed by atoms with van der Waals surface area (Å²) in [4.78, 5) is 19.0. The highest BCUT2D eigenvalue weighted by Crippen LogP contribution is 2.28. The Labute approximate surface area is 115 Å². The predicted octanol–water partition coefficient (Wildman–Crippen LogP) is 2.66. The Bertz CT molecular complexity index is 637. The summed E-state index contributed by atoms with van der Waals surface area (Å²) < 4.78 is 1.36. The molecule has 19 heavy (non-hydrogen) atoms. The second-order valence-corrected chi connectivity index (χ2v) is 4.19. The summed E-state index contributed by atoms with van der Waals surface area (Å²) in [5, 5.41) is 0.301. The molecule has 0 aromatic carbocycles. The summed E-state index contributed by atoms with van der Waals surface area (Å²) in [6.07, 6.45) is 9.59. The number of hydrogen-bond donors (Lipinski definition) is 2. The second-order valence-electron chi connectivity index (χ2n) is 3.81. The molecule has 0 radical (unpaired) electrons. The van der Waals surface area contributed by atoms with Crippen LogP contribution in [0.3, 0.4) is 0 Å². The molecule has 6 heteroatoms. The van der Waals surface area contributed by atoms with Gasteiger partial charge in [-0.05, 0) is 13.0 Å². The van der Waals surface area contributed by atoms with Crippen molar-refractivity contribution in [3.8, 4) is 0 Å². The van der Waals surface area contributed by atoms with Crippen molar-refractivity contribution in [2.75, 3.05) is 5.73 Å². The van der Waals surface area contributed by atoms with Crippen molar-refractivity contribution in [2.24, 2.45) is 0 Å². The number of carbonyl (C=O) groups is 1. The number of rotatable bonds is 3. The lowest BCUT2D eigenvalue weighted by atomic mass is 10.1. The van der Waals surface area contributed by atoms with Gasteiger partial charge in [0.2, 0.25) is 0 Å². The van der Waals surface area contributed by atoms with E-state index in [0.29, 0.717) is 22.0 Å². The summed E-state index contributed by atoms with van der Waals surface area (Å²) in [7, 11) is 0. The zero-order chi connectivity index (χ0) is 13.8. The Balaban J connectivity index is 2.51. The maximum Gasteiger partial charge on any atom is 0.264 e. The number of nitrogens with two attached hydrogens (primary N) is 1. The Hall–Kier alpha value is -2.27. The molecular weight excluding hydrogens is 264 g/mol. The van der Waals surface area contributed by atoms with E-state index in [4.69, 9.17) is 17.3 Å². The summed E-state index contributed by atoms with van der Waals surface area (Å²) in [6.45, 7) is 1.81. The van der Waals surface area contributed by atoms with Crippen LogP contribution >= 0.6 is 11.6 Å². The van der Waals surface area contributed by atoms with Gasteiger partial charge < -0.3 is 10.7 Å². The maximum atomic E-state index is 12.3. The number of carbonyl (C=O) groups excluding carboxylic acids is 1. The van der Waals surface area contributed by atoms with Crippen molar-refractivity contribution >= 4 is 28.4 Å². The lowest BCUT2D eigenvalue weighted by molar-refractivity contribution is 0.0960. The van der Waals surface area contributed by atoms with E-state index in [1.807, 2.05) is 6.92 Å². The molecular formula is C13H13ClN4O. The minimum absolute atomic E-state index is 0.263. The number of hydrogen-bond acceptors (Lipinski definition) is 3. The first-order valence-electron chi connectivity index (χ1n) is 5.63. The molecule has 0 aliphatic rings. The van der Waals surface area contributed by atoms with Crippen molar-refractivity contribution < 1.29 is 4.79 Å². The summed E-state index contributed by atoms with van der Waals surface area (Å²) >= 11 is 6.28. The number of allylic oxidation sites excluding steroid dienone is 3. The van der Waals surface area contributed by atoms with Crippen LogP contribution in [0.25, 0.3) is 5.03 Å². The van der Waals surface area contributed by atoms with Gasteiger partial charge in [0.25, 0.3) is 5.91 Å². The zero-order valence-electron chi connectivity index (χ0n) is 10.3. The van der Waals surface area contributed by atoms with Crippen molar-refractivity contribution in [3.63, 3.8) is 0 Å². The van der Waals surface area contributed by atoms with Gasteiger partial charge in [0.05, 0.1) is 10.6 Å². The van der Waals surface area contributed by atoms with E-state index in [1.165, 1.54) is 17.1 Å². The Kier molecular flexibility index (Phi) is 3.87. The highest BCUT2D eigenvalue weighted by molar-refractivity contribution is 6.52. The van der Waals surface area contributed by atoms with Gasteiger partial charge in [-0.3, -0.25) is 9.36 Å². The Morgan fingerprint density at radius 2 is 2.37 bits per heavy atom. The van der Waals surface area contributed by atoms with Crippen LogP contribution in [0, 0.1) is 0 Å². The maximum absolute atomic E-state index is 12.3. The normalized spacial score (nSPS) is 12.7. The Morgan fingerprint density at radius 1 is 1.58 bits per heavy atom. The molecule has 5 nitrogen and oxygen atoms in total. The number of nitrogens with zero attached hydrogens (tertiary/aromatic N) is 2. The van der Waals surface area contributed by atoms with Gasteiger partial charge in [-0.2, -0.15) is 0 Å². The van der Waals surface area contributed by atoms with E-state index < -0.39 is 0 Å². The first kappa shape index (κ1) is 13.2. The number of anilines is 1. The summed E-state index contributed by atoms with van der Waals surface area (Å²) in [5.74, 6) is 0.159. The van der Waals surface area contributed by atoms with Gasteiger partial charge in [0.1, 0.15) is 12.1 Å².